The van der Waals surface area contributed by atoms with E-state index >= 15 is 0 Å². The van der Waals surface area contributed by atoms with Crippen LogP contribution in [0.2, 0.25) is 0 Å². The zero-order valence-corrected chi connectivity index (χ0v) is 9.45. The van der Waals surface area contributed by atoms with E-state index in [1.165, 1.54) is 11.8 Å². The molecule has 1 heterocycles. The van der Waals surface area contributed by atoms with Gasteiger partial charge < -0.3 is 11.1 Å². The molecule has 2 atom stereocenters. The molecule has 2 unspecified atom stereocenters. The SMILES string of the molecule is C=CC1CC(N)=C(C(=N)SC)C(C)N1. The first kappa shape index (κ1) is 11.3. The fourth-order valence-corrected chi connectivity index (χ4v) is 2.22. The molecular weight excluding hydrogens is 194 g/mol. The van der Waals surface area contributed by atoms with Crippen molar-refractivity contribution in [1.29, 1.82) is 5.41 Å². The Hall–Kier alpha value is -0.740. The predicted octanol–water partition coefficient (Wildman–Crippen LogP) is 1.48. The summed E-state index contributed by atoms with van der Waals surface area (Å²) in [6, 6.07) is 0.384. The molecule has 0 spiro atoms. The zero-order valence-electron chi connectivity index (χ0n) is 8.63. The second-order valence-electron chi connectivity index (χ2n) is 3.41. The minimum atomic E-state index is 0.145. The van der Waals surface area contributed by atoms with Crippen LogP contribution in [0.5, 0.6) is 0 Å². The van der Waals surface area contributed by atoms with E-state index < -0.39 is 0 Å². The first-order valence-electron chi connectivity index (χ1n) is 4.60. The highest BCUT2D eigenvalue weighted by Crippen LogP contribution is 2.22. The largest absolute Gasteiger partial charge is 0.402 e. The summed E-state index contributed by atoms with van der Waals surface area (Å²) >= 11 is 1.43. The van der Waals surface area contributed by atoms with Crippen molar-refractivity contribution in [3.05, 3.63) is 23.9 Å². The van der Waals surface area contributed by atoms with Crippen LogP contribution in [0.15, 0.2) is 23.9 Å². The Bertz CT molecular complexity index is 283. The Morgan fingerprint density at radius 3 is 2.86 bits per heavy atom. The highest BCUT2D eigenvalue weighted by atomic mass is 32.2. The Morgan fingerprint density at radius 2 is 2.43 bits per heavy atom. The highest BCUT2D eigenvalue weighted by molar-refractivity contribution is 8.13. The van der Waals surface area contributed by atoms with Crippen molar-refractivity contribution >= 4 is 16.8 Å². The molecule has 0 bridgehead atoms. The maximum atomic E-state index is 7.77. The molecule has 4 N–H and O–H groups in total. The lowest BCUT2D eigenvalue weighted by molar-refractivity contribution is 0.508. The number of rotatable bonds is 2. The average molecular weight is 211 g/mol. The van der Waals surface area contributed by atoms with Gasteiger partial charge in [-0.05, 0) is 13.2 Å². The first-order valence-corrected chi connectivity index (χ1v) is 5.82. The molecule has 0 aromatic heterocycles. The van der Waals surface area contributed by atoms with Crippen molar-refractivity contribution in [3.63, 3.8) is 0 Å². The molecule has 0 aromatic carbocycles. The molecule has 3 nitrogen and oxygen atoms in total. The summed E-state index contributed by atoms with van der Waals surface area (Å²) in [7, 11) is 0. The van der Waals surface area contributed by atoms with Gasteiger partial charge in [0, 0.05) is 29.8 Å². The summed E-state index contributed by atoms with van der Waals surface area (Å²) < 4.78 is 0. The van der Waals surface area contributed by atoms with Gasteiger partial charge in [0.2, 0.25) is 0 Å². The van der Waals surface area contributed by atoms with E-state index in [1.54, 1.807) is 0 Å². The molecule has 0 aliphatic carbocycles. The Morgan fingerprint density at radius 1 is 1.79 bits per heavy atom. The van der Waals surface area contributed by atoms with Crippen molar-refractivity contribution in [3.8, 4) is 0 Å². The number of nitrogens with one attached hydrogen (secondary N) is 2. The van der Waals surface area contributed by atoms with Crippen LogP contribution in [-0.2, 0) is 0 Å². The summed E-state index contributed by atoms with van der Waals surface area (Å²) in [5.74, 6) is 0. The number of nitrogens with two attached hydrogens (primary N) is 1. The van der Waals surface area contributed by atoms with Gasteiger partial charge in [0.05, 0.1) is 5.04 Å². The van der Waals surface area contributed by atoms with Crippen LogP contribution in [0.4, 0.5) is 0 Å². The molecule has 0 saturated carbocycles. The predicted molar refractivity (Wildman–Crippen MR) is 63.7 cm³/mol. The van der Waals surface area contributed by atoms with Crippen molar-refractivity contribution < 1.29 is 0 Å². The monoisotopic (exact) mass is 211 g/mol. The Balaban J connectivity index is 2.92. The van der Waals surface area contributed by atoms with Crippen LogP contribution in [0.3, 0.4) is 0 Å². The third-order valence-corrected chi connectivity index (χ3v) is 3.04. The second kappa shape index (κ2) is 4.66. The lowest BCUT2D eigenvalue weighted by Crippen LogP contribution is -2.44. The molecule has 78 valence electrons. The van der Waals surface area contributed by atoms with E-state index in [0.717, 1.165) is 17.7 Å². The molecule has 4 heteroatoms. The minimum Gasteiger partial charge on any atom is -0.402 e. The lowest BCUT2D eigenvalue weighted by Gasteiger charge is -2.30. The van der Waals surface area contributed by atoms with E-state index in [1.807, 2.05) is 19.3 Å². The fraction of sp³-hybridized carbons (Fsp3) is 0.500. The van der Waals surface area contributed by atoms with Crippen LogP contribution in [0, 0.1) is 5.41 Å². The van der Waals surface area contributed by atoms with E-state index in [0.29, 0.717) is 5.04 Å². The molecule has 14 heavy (non-hydrogen) atoms. The third-order valence-electron chi connectivity index (χ3n) is 2.42. The summed E-state index contributed by atoms with van der Waals surface area (Å²) in [6.45, 7) is 5.77. The Kier molecular flexibility index (Phi) is 3.77. The Labute approximate surface area is 89.3 Å². The summed E-state index contributed by atoms with van der Waals surface area (Å²) in [4.78, 5) is 0. The summed E-state index contributed by atoms with van der Waals surface area (Å²) in [5.41, 5.74) is 7.71. The molecular formula is C10H17N3S. The van der Waals surface area contributed by atoms with Gasteiger partial charge >= 0.3 is 0 Å². The van der Waals surface area contributed by atoms with Gasteiger partial charge in [-0.2, -0.15) is 0 Å². The topological polar surface area (TPSA) is 61.9 Å². The quantitative estimate of drug-likeness (QED) is 0.368. The molecule has 0 saturated heterocycles. The van der Waals surface area contributed by atoms with Crippen LogP contribution in [-0.4, -0.2) is 23.4 Å². The highest BCUT2D eigenvalue weighted by Gasteiger charge is 2.24. The van der Waals surface area contributed by atoms with Gasteiger partial charge in [0.1, 0.15) is 0 Å². The molecule has 0 aromatic rings. The minimum absolute atomic E-state index is 0.145. The van der Waals surface area contributed by atoms with E-state index in [-0.39, 0.29) is 12.1 Å². The molecule has 0 radical (unpaired) electrons. The summed E-state index contributed by atoms with van der Waals surface area (Å²) in [6.07, 6.45) is 4.52. The van der Waals surface area contributed by atoms with Crippen molar-refractivity contribution in [2.24, 2.45) is 5.73 Å². The zero-order chi connectivity index (χ0) is 10.7. The van der Waals surface area contributed by atoms with Crippen molar-refractivity contribution in [2.75, 3.05) is 6.26 Å². The van der Waals surface area contributed by atoms with E-state index in [2.05, 4.69) is 11.9 Å². The van der Waals surface area contributed by atoms with Crippen LogP contribution in [0.25, 0.3) is 0 Å². The normalized spacial score (nSPS) is 27.6. The molecule has 1 aliphatic heterocycles. The molecule has 1 rings (SSSR count). The van der Waals surface area contributed by atoms with Gasteiger partial charge in [-0.1, -0.05) is 6.08 Å². The number of hydrogen-bond acceptors (Lipinski definition) is 4. The first-order chi connectivity index (χ1) is 6.60. The van der Waals surface area contributed by atoms with Gasteiger partial charge in [-0.3, -0.25) is 5.41 Å². The van der Waals surface area contributed by atoms with Crippen LogP contribution >= 0.6 is 11.8 Å². The van der Waals surface area contributed by atoms with Crippen LogP contribution in [0.1, 0.15) is 13.3 Å². The van der Waals surface area contributed by atoms with E-state index in [4.69, 9.17) is 11.1 Å². The van der Waals surface area contributed by atoms with Crippen molar-refractivity contribution in [2.45, 2.75) is 25.4 Å². The standard InChI is InChI=1S/C10H17N3S/c1-4-7-5-8(11)9(6(2)13-7)10(12)14-3/h4,6-7,12-13H,1,5,11H2,2-3H3. The molecule has 0 amide bonds. The maximum absolute atomic E-state index is 7.77. The average Bonchev–Trinajstić information content (AvgIpc) is 2.16. The second-order valence-corrected chi connectivity index (χ2v) is 4.22. The fourth-order valence-electron chi connectivity index (χ4n) is 1.69. The summed E-state index contributed by atoms with van der Waals surface area (Å²) in [5, 5.41) is 11.7. The number of hydrogen-bond donors (Lipinski definition) is 3. The van der Waals surface area contributed by atoms with E-state index in [9.17, 15) is 0 Å². The smallest absolute Gasteiger partial charge is 0.0932 e. The molecule has 0 fully saturated rings. The van der Waals surface area contributed by atoms with Gasteiger partial charge in [-0.15, -0.1) is 18.3 Å². The third kappa shape index (κ3) is 2.19. The van der Waals surface area contributed by atoms with Crippen LogP contribution < -0.4 is 11.1 Å². The lowest BCUT2D eigenvalue weighted by atomic mass is 9.96. The van der Waals surface area contributed by atoms with Gasteiger partial charge in [0.25, 0.3) is 0 Å². The van der Waals surface area contributed by atoms with Crippen molar-refractivity contribution in [1.82, 2.24) is 5.32 Å². The number of thioether (sulfide) groups is 1. The van der Waals surface area contributed by atoms with Gasteiger partial charge in [-0.25, -0.2) is 0 Å². The molecule has 1 aliphatic rings. The maximum Gasteiger partial charge on any atom is 0.0932 e. The van der Waals surface area contributed by atoms with Gasteiger partial charge in [0.15, 0.2) is 0 Å².